The Morgan fingerprint density at radius 1 is 0.932 bits per heavy atom. The lowest BCUT2D eigenvalue weighted by Gasteiger charge is -2.25. The van der Waals surface area contributed by atoms with Gasteiger partial charge in [-0.05, 0) is 98.9 Å². The zero-order valence-corrected chi connectivity index (χ0v) is 25.5. The third-order valence-electron chi connectivity index (χ3n) is 8.75. The summed E-state index contributed by atoms with van der Waals surface area (Å²) in [6.45, 7) is 6.05. The van der Waals surface area contributed by atoms with Crippen molar-refractivity contribution in [2.45, 2.75) is 51.9 Å². The van der Waals surface area contributed by atoms with Crippen molar-refractivity contribution in [1.82, 2.24) is 10.2 Å². The summed E-state index contributed by atoms with van der Waals surface area (Å²) in [6, 6.07) is 22.8. The van der Waals surface area contributed by atoms with Gasteiger partial charge >= 0.3 is 0 Å². The number of aryl methyl sites for hydroxylation is 1. The first kappa shape index (κ1) is 30.8. The van der Waals surface area contributed by atoms with E-state index in [4.69, 9.17) is 0 Å². The molecule has 0 spiro atoms. The highest BCUT2D eigenvalue weighted by atomic mass is 16.2. The molecule has 0 aromatic heterocycles. The van der Waals surface area contributed by atoms with Crippen LogP contribution in [0.1, 0.15) is 75.9 Å². The molecule has 0 saturated carbocycles. The van der Waals surface area contributed by atoms with Gasteiger partial charge in [0, 0.05) is 61.6 Å². The van der Waals surface area contributed by atoms with Gasteiger partial charge in [-0.25, -0.2) is 0 Å². The summed E-state index contributed by atoms with van der Waals surface area (Å²) >= 11 is 0. The molecular formula is C36H41N5O3. The number of para-hydroxylation sites is 1. The number of hydrogen-bond donors (Lipinski definition) is 2. The van der Waals surface area contributed by atoms with E-state index >= 15 is 0 Å². The topological polar surface area (TPSA) is 106 Å². The fourth-order valence-corrected chi connectivity index (χ4v) is 6.29. The minimum atomic E-state index is -0.317. The van der Waals surface area contributed by atoms with Gasteiger partial charge in [0.05, 0.1) is 11.6 Å². The summed E-state index contributed by atoms with van der Waals surface area (Å²) in [5, 5.41) is 15.3. The normalized spacial score (nSPS) is 16.7. The average molecular weight is 592 g/mol. The lowest BCUT2D eigenvalue weighted by Crippen LogP contribution is -2.30. The van der Waals surface area contributed by atoms with Gasteiger partial charge in [-0.1, -0.05) is 30.3 Å². The molecule has 2 fully saturated rings. The molecule has 228 valence electrons. The van der Waals surface area contributed by atoms with Gasteiger partial charge in [0.15, 0.2) is 0 Å². The van der Waals surface area contributed by atoms with Crippen molar-refractivity contribution in [1.29, 1.82) is 5.26 Å². The molecule has 0 bridgehead atoms. The number of anilines is 2. The van der Waals surface area contributed by atoms with Crippen molar-refractivity contribution in [3.63, 3.8) is 0 Å². The standard InChI is InChI=1S/C36H41N5O3/c1-26-8-2-3-12-33(26)40-18-5-10-27(16-21-40)22-29-14-15-31(35(43)38-17-7-20-41-19-6-13-34(41)42)24-32(29)39-36(44)30-11-4-9-28(23-30)25-37/h2-4,8-9,11-12,14-15,23-24,27H,5-7,10,13,16-22H2,1H3,(H,38,43)(H,39,44). The SMILES string of the molecule is Cc1ccccc1N1CCCC(Cc2ccc(C(=O)NCCCN3CCCC3=O)cc2NC(=O)c2cccc(C#N)c2)CC1. The van der Waals surface area contributed by atoms with Crippen LogP contribution in [0.2, 0.25) is 0 Å². The van der Waals surface area contributed by atoms with Crippen LogP contribution in [0, 0.1) is 24.2 Å². The van der Waals surface area contributed by atoms with Gasteiger partial charge < -0.3 is 20.4 Å². The van der Waals surface area contributed by atoms with E-state index in [-0.39, 0.29) is 17.7 Å². The molecule has 2 aliphatic rings. The van der Waals surface area contributed by atoms with Crippen LogP contribution in [0.4, 0.5) is 11.4 Å². The fraction of sp³-hybridized carbons (Fsp3) is 0.389. The van der Waals surface area contributed by atoms with Gasteiger partial charge in [-0.2, -0.15) is 5.26 Å². The van der Waals surface area contributed by atoms with Crippen LogP contribution in [0.5, 0.6) is 0 Å². The number of nitrogens with one attached hydrogen (secondary N) is 2. The van der Waals surface area contributed by atoms with Crippen LogP contribution in [0.3, 0.4) is 0 Å². The van der Waals surface area contributed by atoms with Crippen LogP contribution < -0.4 is 15.5 Å². The first-order valence-corrected chi connectivity index (χ1v) is 15.7. The average Bonchev–Trinajstić information content (AvgIpc) is 3.31. The van der Waals surface area contributed by atoms with E-state index in [1.54, 1.807) is 30.3 Å². The second-order valence-electron chi connectivity index (χ2n) is 11.9. The fourth-order valence-electron chi connectivity index (χ4n) is 6.29. The number of likely N-dealkylation sites (tertiary alicyclic amines) is 1. The van der Waals surface area contributed by atoms with E-state index in [1.807, 2.05) is 17.0 Å². The molecular weight excluding hydrogens is 550 g/mol. The van der Waals surface area contributed by atoms with Crippen LogP contribution in [0.25, 0.3) is 0 Å². The highest BCUT2D eigenvalue weighted by molar-refractivity contribution is 6.05. The Morgan fingerprint density at radius 2 is 1.77 bits per heavy atom. The number of benzene rings is 3. The molecule has 44 heavy (non-hydrogen) atoms. The van der Waals surface area contributed by atoms with E-state index in [9.17, 15) is 19.6 Å². The summed E-state index contributed by atoms with van der Waals surface area (Å²) in [5.74, 6) is 0.0936. The maximum atomic E-state index is 13.3. The van der Waals surface area contributed by atoms with Crippen molar-refractivity contribution >= 4 is 29.1 Å². The predicted molar refractivity (Wildman–Crippen MR) is 173 cm³/mol. The molecule has 3 aromatic carbocycles. The number of hydrogen-bond acceptors (Lipinski definition) is 5. The van der Waals surface area contributed by atoms with Crippen molar-refractivity contribution < 1.29 is 14.4 Å². The summed E-state index contributed by atoms with van der Waals surface area (Å²) in [7, 11) is 0. The molecule has 2 aliphatic heterocycles. The lowest BCUT2D eigenvalue weighted by atomic mass is 9.91. The molecule has 8 heteroatoms. The number of carbonyl (C=O) groups is 3. The number of nitriles is 1. The minimum absolute atomic E-state index is 0.184. The molecule has 1 unspecified atom stereocenters. The number of carbonyl (C=O) groups excluding carboxylic acids is 3. The molecule has 2 saturated heterocycles. The maximum absolute atomic E-state index is 13.3. The second-order valence-corrected chi connectivity index (χ2v) is 11.9. The molecule has 0 radical (unpaired) electrons. The van der Waals surface area contributed by atoms with Crippen LogP contribution in [-0.4, -0.2) is 55.3 Å². The molecule has 0 aliphatic carbocycles. The minimum Gasteiger partial charge on any atom is -0.371 e. The highest BCUT2D eigenvalue weighted by Crippen LogP contribution is 2.30. The lowest BCUT2D eigenvalue weighted by molar-refractivity contribution is -0.127. The molecule has 2 N–H and O–H groups in total. The molecule has 5 rings (SSSR count). The quantitative estimate of drug-likeness (QED) is 0.294. The van der Waals surface area contributed by atoms with Gasteiger partial charge in [0.25, 0.3) is 11.8 Å². The largest absolute Gasteiger partial charge is 0.371 e. The molecule has 8 nitrogen and oxygen atoms in total. The third kappa shape index (κ3) is 7.84. The Balaban J connectivity index is 1.29. The van der Waals surface area contributed by atoms with E-state index in [2.05, 4.69) is 52.8 Å². The van der Waals surface area contributed by atoms with Gasteiger partial charge in [-0.3, -0.25) is 14.4 Å². The van der Waals surface area contributed by atoms with Crippen molar-refractivity contribution in [3.05, 3.63) is 94.5 Å². The number of rotatable bonds is 10. The Labute approximate surface area is 260 Å². The molecule has 2 heterocycles. The number of nitrogens with zero attached hydrogens (tertiary/aromatic N) is 3. The molecule has 3 amide bonds. The second kappa shape index (κ2) is 14.7. The Bertz CT molecular complexity index is 1540. The monoisotopic (exact) mass is 591 g/mol. The van der Waals surface area contributed by atoms with Gasteiger partial charge in [-0.15, -0.1) is 0 Å². The summed E-state index contributed by atoms with van der Waals surface area (Å²) in [5.41, 5.74) is 5.47. The first-order valence-electron chi connectivity index (χ1n) is 15.7. The summed E-state index contributed by atoms with van der Waals surface area (Å²) in [4.78, 5) is 42.6. The Hall–Kier alpha value is -4.64. The smallest absolute Gasteiger partial charge is 0.255 e. The number of amides is 3. The summed E-state index contributed by atoms with van der Waals surface area (Å²) < 4.78 is 0. The van der Waals surface area contributed by atoms with Crippen molar-refractivity contribution in [3.8, 4) is 6.07 Å². The van der Waals surface area contributed by atoms with E-state index in [0.29, 0.717) is 54.2 Å². The van der Waals surface area contributed by atoms with Gasteiger partial charge in [0.2, 0.25) is 5.91 Å². The summed E-state index contributed by atoms with van der Waals surface area (Å²) in [6.07, 6.45) is 6.20. The molecule has 1 atom stereocenters. The Kier molecular flexibility index (Phi) is 10.3. The predicted octanol–water partition coefficient (Wildman–Crippen LogP) is 5.71. The maximum Gasteiger partial charge on any atom is 0.255 e. The highest BCUT2D eigenvalue weighted by Gasteiger charge is 2.22. The Morgan fingerprint density at radius 3 is 2.57 bits per heavy atom. The van der Waals surface area contributed by atoms with Crippen LogP contribution >= 0.6 is 0 Å². The molecule has 3 aromatic rings. The van der Waals surface area contributed by atoms with E-state index in [0.717, 1.165) is 57.3 Å². The van der Waals surface area contributed by atoms with Gasteiger partial charge in [0.1, 0.15) is 0 Å². The third-order valence-corrected chi connectivity index (χ3v) is 8.75. The zero-order chi connectivity index (χ0) is 30.9. The van der Waals surface area contributed by atoms with Crippen molar-refractivity contribution in [2.24, 2.45) is 5.92 Å². The van der Waals surface area contributed by atoms with E-state index < -0.39 is 0 Å². The van der Waals surface area contributed by atoms with Crippen LogP contribution in [-0.2, 0) is 11.2 Å². The van der Waals surface area contributed by atoms with Crippen molar-refractivity contribution in [2.75, 3.05) is 42.9 Å². The van der Waals surface area contributed by atoms with Crippen LogP contribution in [0.15, 0.2) is 66.7 Å². The first-order chi connectivity index (χ1) is 21.4. The zero-order valence-electron chi connectivity index (χ0n) is 25.5. The van der Waals surface area contributed by atoms with E-state index in [1.165, 1.54) is 11.3 Å².